The summed E-state index contributed by atoms with van der Waals surface area (Å²) in [4.78, 5) is 10.9. The number of hydrogen-bond acceptors (Lipinski definition) is 3. The highest BCUT2D eigenvalue weighted by Gasteiger charge is 2.16. The molecule has 4 nitrogen and oxygen atoms in total. The molecule has 0 aromatic heterocycles. The van der Waals surface area contributed by atoms with Gasteiger partial charge in [0.1, 0.15) is 0 Å². The molecule has 0 aromatic rings. The summed E-state index contributed by atoms with van der Waals surface area (Å²) in [6.45, 7) is 6.35. The third-order valence-electron chi connectivity index (χ3n) is 2.21. The van der Waals surface area contributed by atoms with E-state index >= 15 is 0 Å². The summed E-state index contributed by atoms with van der Waals surface area (Å²) < 4.78 is 10.3. The number of ether oxygens (including phenoxy) is 2. The Kier molecular flexibility index (Phi) is 9.52. The Bertz CT molecular complexity index is 159. The van der Waals surface area contributed by atoms with E-state index in [0.29, 0.717) is 39.3 Å². The van der Waals surface area contributed by atoms with E-state index < -0.39 is 5.97 Å². The third kappa shape index (κ3) is 8.39. The van der Waals surface area contributed by atoms with Crippen LogP contribution in [-0.4, -0.2) is 37.5 Å². The van der Waals surface area contributed by atoms with Crippen molar-refractivity contribution in [2.45, 2.75) is 33.1 Å². The molecule has 1 unspecified atom stereocenters. The molecule has 0 amide bonds. The van der Waals surface area contributed by atoms with Crippen molar-refractivity contribution in [3.63, 3.8) is 0 Å². The maximum atomic E-state index is 10.9. The minimum atomic E-state index is -0.730. The largest absolute Gasteiger partial charge is 0.481 e. The van der Waals surface area contributed by atoms with Crippen molar-refractivity contribution < 1.29 is 19.4 Å². The van der Waals surface area contributed by atoms with Gasteiger partial charge in [-0.1, -0.05) is 0 Å². The molecule has 0 rings (SSSR count). The van der Waals surface area contributed by atoms with E-state index in [0.717, 1.165) is 6.42 Å². The molecule has 1 atom stereocenters. The van der Waals surface area contributed by atoms with Crippen LogP contribution >= 0.6 is 0 Å². The van der Waals surface area contributed by atoms with Gasteiger partial charge in [0.2, 0.25) is 0 Å². The summed E-state index contributed by atoms with van der Waals surface area (Å²) in [5, 5.41) is 8.93. The van der Waals surface area contributed by atoms with Crippen LogP contribution in [-0.2, 0) is 14.3 Å². The molecule has 0 bridgehead atoms. The molecule has 15 heavy (non-hydrogen) atoms. The van der Waals surface area contributed by atoms with Gasteiger partial charge in [0.05, 0.1) is 5.92 Å². The van der Waals surface area contributed by atoms with Crippen molar-refractivity contribution in [2.24, 2.45) is 5.92 Å². The zero-order valence-corrected chi connectivity index (χ0v) is 9.70. The molecule has 0 aromatic carbocycles. The van der Waals surface area contributed by atoms with Gasteiger partial charge in [-0.3, -0.25) is 4.79 Å². The Hall–Kier alpha value is -0.610. The first kappa shape index (κ1) is 14.4. The maximum Gasteiger partial charge on any atom is 0.306 e. The normalized spacial score (nSPS) is 12.7. The van der Waals surface area contributed by atoms with Crippen molar-refractivity contribution in [3.8, 4) is 0 Å². The number of aliphatic carboxylic acids is 1. The second-order valence-corrected chi connectivity index (χ2v) is 3.36. The Morgan fingerprint density at radius 3 is 2.27 bits per heavy atom. The monoisotopic (exact) mass is 218 g/mol. The number of rotatable bonds is 10. The lowest BCUT2D eigenvalue weighted by Gasteiger charge is -2.11. The first-order valence-corrected chi connectivity index (χ1v) is 5.60. The standard InChI is InChI=1S/C11H22O4/c1-3-14-8-5-6-10(11(12)13)7-9-15-4-2/h10H,3-9H2,1-2H3,(H,12,13). The van der Waals surface area contributed by atoms with Gasteiger partial charge >= 0.3 is 5.97 Å². The molecule has 0 saturated heterocycles. The zero-order valence-electron chi connectivity index (χ0n) is 9.70. The molecule has 4 heteroatoms. The summed E-state index contributed by atoms with van der Waals surface area (Å²) in [6.07, 6.45) is 2.06. The van der Waals surface area contributed by atoms with Gasteiger partial charge < -0.3 is 14.6 Å². The summed E-state index contributed by atoms with van der Waals surface area (Å²) in [5.41, 5.74) is 0. The first-order chi connectivity index (χ1) is 7.22. The molecule has 90 valence electrons. The summed E-state index contributed by atoms with van der Waals surface area (Å²) in [5.74, 6) is -1.02. The van der Waals surface area contributed by atoms with Gasteiger partial charge in [-0.15, -0.1) is 0 Å². The highest BCUT2D eigenvalue weighted by atomic mass is 16.5. The maximum absolute atomic E-state index is 10.9. The lowest BCUT2D eigenvalue weighted by atomic mass is 10.0. The van der Waals surface area contributed by atoms with Crippen LogP contribution in [0.25, 0.3) is 0 Å². The lowest BCUT2D eigenvalue weighted by Crippen LogP contribution is -2.16. The Morgan fingerprint density at radius 1 is 1.13 bits per heavy atom. The molecule has 0 aliphatic rings. The van der Waals surface area contributed by atoms with Gasteiger partial charge in [-0.05, 0) is 33.1 Å². The molecule has 0 heterocycles. The fourth-order valence-corrected chi connectivity index (χ4v) is 1.34. The Balaban J connectivity index is 3.59. The molecular formula is C11H22O4. The van der Waals surface area contributed by atoms with Gasteiger partial charge in [-0.25, -0.2) is 0 Å². The van der Waals surface area contributed by atoms with Gasteiger partial charge in [-0.2, -0.15) is 0 Å². The molecule has 0 radical (unpaired) electrons. The van der Waals surface area contributed by atoms with Gasteiger partial charge in [0.25, 0.3) is 0 Å². The molecular weight excluding hydrogens is 196 g/mol. The van der Waals surface area contributed by atoms with Crippen LogP contribution in [0.3, 0.4) is 0 Å². The van der Waals surface area contributed by atoms with Crippen molar-refractivity contribution >= 4 is 5.97 Å². The van der Waals surface area contributed by atoms with Crippen molar-refractivity contribution in [3.05, 3.63) is 0 Å². The van der Waals surface area contributed by atoms with Crippen LogP contribution in [0.2, 0.25) is 0 Å². The predicted octanol–water partition coefficient (Wildman–Crippen LogP) is 1.93. The molecule has 0 spiro atoms. The Morgan fingerprint density at radius 2 is 1.73 bits per heavy atom. The summed E-state index contributed by atoms with van der Waals surface area (Å²) >= 11 is 0. The van der Waals surface area contributed by atoms with Gasteiger partial charge in [0, 0.05) is 26.4 Å². The smallest absolute Gasteiger partial charge is 0.306 e. The average Bonchev–Trinajstić information content (AvgIpc) is 2.21. The quantitative estimate of drug-likeness (QED) is 0.569. The van der Waals surface area contributed by atoms with E-state index in [4.69, 9.17) is 14.6 Å². The molecule has 0 saturated carbocycles. The number of carboxylic acid groups (broad SMARTS) is 1. The second-order valence-electron chi connectivity index (χ2n) is 3.36. The predicted molar refractivity (Wildman–Crippen MR) is 58.0 cm³/mol. The number of carbonyl (C=O) groups is 1. The van der Waals surface area contributed by atoms with E-state index in [1.807, 2.05) is 13.8 Å². The minimum absolute atomic E-state index is 0.294. The highest BCUT2D eigenvalue weighted by molar-refractivity contribution is 5.69. The molecule has 0 aliphatic carbocycles. The van der Waals surface area contributed by atoms with Crippen LogP contribution in [0.4, 0.5) is 0 Å². The third-order valence-corrected chi connectivity index (χ3v) is 2.21. The molecule has 0 aliphatic heterocycles. The minimum Gasteiger partial charge on any atom is -0.481 e. The zero-order chi connectivity index (χ0) is 11.5. The van der Waals surface area contributed by atoms with Crippen molar-refractivity contribution in [2.75, 3.05) is 26.4 Å². The molecule has 1 N–H and O–H groups in total. The lowest BCUT2D eigenvalue weighted by molar-refractivity contribution is -0.142. The first-order valence-electron chi connectivity index (χ1n) is 5.60. The van der Waals surface area contributed by atoms with Crippen LogP contribution in [0.5, 0.6) is 0 Å². The van der Waals surface area contributed by atoms with Crippen LogP contribution in [0.15, 0.2) is 0 Å². The van der Waals surface area contributed by atoms with Crippen LogP contribution in [0, 0.1) is 5.92 Å². The number of hydrogen-bond donors (Lipinski definition) is 1. The Labute approximate surface area is 91.6 Å². The summed E-state index contributed by atoms with van der Waals surface area (Å²) in [7, 11) is 0. The average molecular weight is 218 g/mol. The second kappa shape index (κ2) is 9.93. The van der Waals surface area contributed by atoms with Crippen LogP contribution < -0.4 is 0 Å². The van der Waals surface area contributed by atoms with Crippen molar-refractivity contribution in [1.82, 2.24) is 0 Å². The SMILES string of the molecule is CCOCCCC(CCOCC)C(=O)O. The van der Waals surface area contributed by atoms with E-state index in [2.05, 4.69) is 0 Å². The van der Waals surface area contributed by atoms with E-state index in [1.54, 1.807) is 0 Å². The van der Waals surface area contributed by atoms with Crippen LogP contribution in [0.1, 0.15) is 33.1 Å². The van der Waals surface area contributed by atoms with E-state index in [9.17, 15) is 4.79 Å². The topological polar surface area (TPSA) is 55.8 Å². The number of carboxylic acids is 1. The fourth-order valence-electron chi connectivity index (χ4n) is 1.34. The van der Waals surface area contributed by atoms with E-state index in [1.165, 1.54) is 0 Å². The van der Waals surface area contributed by atoms with Gasteiger partial charge in [0.15, 0.2) is 0 Å². The fraction of sp³-hybridized carbons (Fsp3) is 0.909. The van der Waals surface area contributed by atoms with E-state index in [-0.39, 0.29) is 5.92 Å². The highest BCUT2D eigenvalue weighted by Crippen LogP contribution is 2.12. The molecule has 0 fully saturated rings. The summed E-state index contributed by atoms with van der Waals surface area (Å²) in [6, 6.07) is 0. The van der Waals surface area contributed by atoms with Crippen molar-refractivity contribution in [1.29, 1.82) is 0 Å².